The highest BCUT2D eigenvalue weighted by Crippen LogP contribution is 2.21. The van der Waals surface area contributed by atoms with Gasteiger partial charge in [-0.25, -0.2) is 0 Å². The fourth-order valence-corrected chi connectivity index (χ4v) is 4.01. The standard InChI is InChI=1S/C23H39N5O/c1-6-21(29)28-15-14-20(16-28)26-22(24-5)25-17-23(7-2,8-3)27-18(4)19-12-10-9-11-13-19/h9-13,18,20,27H,6-8,14-17H2,1-5H3,(H2,24,25,26). The lowest BCUT2D eigenvalue weighted by Crippen LogP contribution is -2.56. The van der Waals surface area contributed by atoms with Crippen LogP contribution in [0.1, 0.15) is 65.0 Å². The number of rotatable bonds is 9. The SMILES string of the molecule is CCC(=O)N1CCC(NC(=NC)NCC(CC)(CC)NC(C)c2ccccc2)C1. The molecule has 1 aromatic rings. The predicted molar refractivity (Wildman–Crippen MR) is 121 cm³/mol. The molecular weight excluding hydrogens is 362 g/mol. The van der Waals surface area contributed by atoms with Gasteiger partial charge in [-0.1, -0.05) is 51.1 Å². The maximum atomic E-state index is 11.9. The molecule has 0 radical (unpaired) electrons. The van der Waals surface area contributed by atoms with E-state index in [1.54, 1.807) is 7.05 Å². The number of aliphatic imine (C=N–C) groups is 1. The van der Waals surface area contributed by atoms with Gasteiger partial charge in [0, 0.05) is 50.7 Å². The minimum absolute atomic E-state index is 0.0211. The summed E-state index contributed by atoms with van der Waals surface area (Å²) < 4.78 is 0. The Balaban J connectivity index is 1.93. The van der Waals surface area contributed by atoms with E-state index in [-0.39, 0.29) is 23.5 Å². The Morgan fingerprint density at radius 2 is 1.93 bits per heavy atom. The number of guanidine groups is 1. The predicted octanol–water partition coefficient (Wildman–Crippen LogP) is 3.07. The summed E-state index contributed by atoms with van der Waals surface area (Å²) in [6.45, 7) is 11.0. The van der Waals surface area contributed by atoms with Gasteiger partial charge in [-0.05, 0) is 31.7 Å². The second kappa shape index (κ2) is 11.2. The molecule has 0 spiro atoms. The minimum atomic E-state index is -0.0211. The zero-order chi connectivity index (χ0) is 21.3. The molecule has 2 rings (SSSR count). The molecule has 1 saturated heterocycles. The van der Waals surface area contributed by atoms with E-state index in [1.807, 2.05) is 11.8 Å². The van der Waals surface area contributed by atoms with Crippen molar-refractivity contribution < 1.29 is 4.79 Å². The lowest BCUT2D eigenvalue weighted by molar-refractivity contribution is -0.129. The fourth-order valence-electron chi connectivity index (χ4n) is 4.01. The number of nitrogens with one attached hydrogen (secondary N) is 3. The van der Waals surface area contributed by atoms with Crippen LogP contribution in [0, 0.1) is 0 Å². The van der Waals surface area contributed by atoms with Crippen molar-refractivity contribution in [3.8, 4) is 0 Å². The van der Waals surface area contributed by atoms with Crippen molar-refractivity contribution in [2.75, 3.05) is 26.7 Å². The van der Waals surface area contributed by atoms with Gasteiger partial charge in [0.15, 0.2) is 5.96 Å². The van der Waals surface area contributed by atoms with Crippen LogP contribution in [0.3, 0.4) is 0 Å². The third-order valence-corrected chi connectivity index (χ3v) is 6.18. The first-order valence-electron chi connectivity index (χ1n) is 11.0. The number of benzene rings is 1. The molecular formula is C23H39N5O. The molecule has 2 unspecified atom stereocenters. The molecule has 29 heavy (non-hydrogen) atoms. The van der Waals surface area contributed by atoms with Crippen molar-refractivity contribution in [3.05, 3.63) is 35.9 Å². The van der Waals surface area contributed by atoms with Crippen molar-refractivity contribution in [2.24, 2.45) is 4.99 Å². The lowest BCUT2D eigenvalue weighted by Gasteiger charge is -2.37. The van der Waals surface area contributed by atoms with Crippen LogP contribution in [0.5, 0.6) is 0 Å². The van der Waals surface area contributed by atoms with Crippen LogP contribution in [0.15, 0.2) is 35.3 Å². The van der Waals surface area contributed by atoms with E-state index in [2.05, 4.69) is 72.0 Å². The van der Waals surface area contributed by atoms with Gasteiger partial charge in [-0.3, -0.25) is 9.79 Å². The largest absolute Gasteiger partial charge is 0.355 e. The third kappa shape index (κ3) is 6.46. The molecule has 0 bridgehead atoms. The Kier molecular flexibility index (Phi) is 8.96. The minimum Gasteiger partial charge on any atom is -0.355 e. The van der Waals surface area contributed by atoms with Crippen LogP contribution >= 0.6 is 0 Å². The molecule has 1 amide bonds. The van der Waals surface area contributed by atoms with Crippen LogP contribution < -0.4 is 16.0 Å². The van der Waals surface area contributed by atoms with Crippen LogP contribution in [0.4, 0.5) is 0 Å². The van der Waals surface area contributed by atoms with Crippen LogP contribution in [0.25, 0.3) is 0 Å². The fraction of sp³-hybridized carbons (Fsp3) is 0.652. The monoisotopic (exact) mass is 401 g/mol. The first-order valence-corrected chi connectivity index (χ1v) is 11.0. The molecule has 1 aliphatic rings. The Labute approximate surface area is 176 Å². The number of hydrogen-bond donors (Lipinski definition) is 3. The van der Waals surface area contributed by atoms with Crippen molar-refractivity contribution in [1.29, 1.82) is 0 Å². The smallest absolute Gasteiger partial charge is 0.222 e. The Bertz CT molecular complexity index is 656. The summed E-state index contributed by atoms with van der Waals surface area (Å²) in [6.07, 6.45) is 3.57. The van der Waals surface area contributed by atoms with Crippen molar-refractivity contribution in [3.63, 3.8) is 0 Å². The first-order chi connectivity index (χ1) is 14.0. The van der Waals surface area contributed by atoms with E-state index >= 15 is 0 Å². The zero-order valence-corrected chi connectivity index (χ0v) is 18.8. The quantitative estimate of drug-likeness (QED) is 0.439. The van der Waals surface area contributed by atoms with Crippen molar-refractivity contribution >= 4 is 11.9 Å². The van der Waals surface area contributed by atoms with Gasteiger partial charge < -0.3 is 20.9 Å². The molecule has 3 N–H and O–H groups in total. The summed E-state index contributed by atoms with van der Waals surface area (Å²) in [5.74, 6) is 1.04. The van der Waals surface area contributed by atoms with Gasteiger partial charge in [0.1, 0.15) is 0 Å². The van der Waals surface area contributed by atoms with E-state index in [4.69, 9.17) is 0 Å². The van der Waals surface area contributed by atoms with Gasteiger partial charge in [0.2, 0.25) is 5.91 Å². The second-order valence-electron chi connectivity index (χ2n) is 8.01. The average Bonchev–Trinajstić information content (AvgIpc) is 3.24. The molecule has 162 valence electrons. The van der Waals surface area contributed by atoms with E-state index in [1.165, 1.54) is 5.56 Å². The lowest BCUT2D eigenvalue weighted by atomic mass is 9.90. The Morgan fingerprint density at radius 1 is 1.24 bits per heavy atom. The number of carbonyl (C=O) groups excluding carboxylic acids is 1. The summed E-state index contributed by atoms with van der Waals surface area (Å²) in [5, 5.41) is 10.9. The molecule has 1 fully saturated rings. The number of likely N-dealkylation sites (tertiary alicyclic amines) is 1. The van der Waals surface area contributed by atoms with Gasteiger partial charge in [0.25, 0.3) is 0 Å². The molecule has 6 heteroatoms. The summed E-state index contributed by atoms with van der Waals surface area (Å²) in [4.78, 5) is 18.3. The summed E-state index contributed by atoms with van der Waals surface area (Å²) in [7, 11) is 1.80. The molecule has 2 atom stereocenters. The van der Waals surface area contributed by atoms with Gasteiger partial charge >= 0.3 is 0 Å². The molecule has 0 saturated carbocycles. The molecule has 6 nitrogen and oxygen atoms in total. The van der Waals surface area contributed by atoms with Gasteiger partial charge in [-0.15, -0.1) is 0 Å². The zero-order valence-electron chi connectivity index (χ0n) is 18.8. The van der Waals surface area contributed by atoms with E-state index in [0.29, 0.717) is 6.42 Å². The molecule has 1 aromatic carbocycles. The average molecular weight is 402 g/mol. The maximum Gasteiger partial charge on any atom is 0.222 e. The third-order valence-electron chi connectivity index (χ3n) is 6.18. The van der Waals surface area contributed by atoms with Gasteiger partial charge in [-0.2, -0.15) is 0 Å². The molecule has 1 aliphatic heterocycles. The summed E-state index contributed by atoms with van der Waals surface area (Å²) >= 11 is 0. The topological polar surface area (TPSA) is 68.8 Å². The van der Waals surface area contributed by atoms with Crippen molar-refractivity contribution in [1.82, 2.24) is 20.9 Å². The van der Waals surface area contributed by atoms with Crippen molar-refractivity contribution in [2.45, 2.75) is 71.0 Å². The van der Waals surface area contributed by atoms with E-state index in [9.17, 15) is 4.79 Å². The van der Waals surface area contributed by atoms with Crippen LogP contribution in [-0.2, 0) is 4.79 Å². The second-order valence-corrected chi connectivity index (χ2v) is 8.01. The number of hydrogen-bond acceptors (Lipinski definition) is 3. The van der Waals surface area contributed by atoms with E-state index in [0.717, 1.165) is 44.9 Å². The van der Waals surface area contributed by atoms with Crippen LogP contribution in [0.2, 0.25) is 0 Å². The number of amides is 1. The number of nitrogens with zero attached hydrogens (tertiary/aromatic N) is 2. The summed E-state index contributed by atoms with van der Waals surface area (Å²) in [5.41, 5.74) is 1.28. The molecule has 1 heterocycles. The first kappa shape index (κ1) is 23.2. The molecule has 0 aliphatic carbocycles. The molecule has 0 aromatic heterocycles. The maximum absolute atomic E-state index is 11.9. The van der Waals surface area contributed by atoms with Crippen LogP contribution in [-0.4, -0.2) is 55.0 Å². The highest BCUT2D eigenvalue weighted by Gasteiger charge is 2.29. The summed E-state index contributed by atoms with van der Waals surface area (Å²) in [6, 6.07) is 11.1. The van der Waals surface area contributed by atoms with E-state index < -0.39 is 0 Å². The van der Waals surface area contributed by atoms with Gasteiger partial charge in [0.05, 0.1) is 0 Å². The highest BCUT2D eigenvalue weighted by molar-refractivity contribution is 5.80. The highest BCUT2D eigenvalue weighted by atomic mass is 16.2. The number of carbonyl (C=O) groups is 1. The Hall–Kier alpha value is -2.08. The Morgan fingerprint density at radius 3 is 2.52 bits per heavy atom. The normalized spacial score (nSPS) is 18.6.